The number of carbonyl (C=O) groups excluding carboxylic acids is 2. The van der Waals surface area contributed by atoms with Crippen LogP contribution in [0, 0.1) is 18.2 Å². The van der Waals surface area contributed by atoms with Gasteiger partial charge < -0.3 is 19.2 Å². The normalized spacial score (nSPS) is 21.4. The smallest absolute Gasteiger partial charge is 0.407 e. The minimum absolute atomic E-state index is 0.183. The van der Waals surface area contributed by atoms with Crippen molar-refractivity contribution in [2.45, 2.75) is 97.5 Å². The van der Waals surface area contributed by atoms with Crippen molar-refractivity contribution in [3.8, 4) is 0 Å². The zero-order valence-electron chi connectivity index (χ0n) is 29.8. The van der Waals surface area contributed by atoms with Crippen molar-refractivity contribution in [1.82, 2.24) is 5.32 Å². The first-order chi connectivity index (χ1) is 23.2. The maximum Gasteiger partial charge on any atom is 0.407 e. The van der Waals surface area contributed by atoms with E-state index < -0.39 is 25.9 Å². The molecular weight excluding hydrogens is 634 g/mol. The van der Waals surface area contributed by atoms with Gasteiger partial charge in [0.1, 0.15) is 18.0 Å². The van der Waals surface area contributed by atoms with Crippen molar-refractivity contribution in [1.29, 1.82) is 0 Å². The molecule has 0 saturated carbocycles. The van der Waals surface area contributed by atoms with Crippen LogP contribution in [0.3, 0.4) is 0 Å². The second kappa shape index (κ2) is 14.8. The average Bonchev–Trinajstić information content (AvgIpc) is 3.04. The minimum atomic E-state index is -2.89. The number of carbonyl (C=O) groups is 2. The maximum absolute atomic E-state index is 14.4. The monoisotopic (exact) mass is 683 g/mol. The van der Waals surface area contributed by atoms with E-state index in [1.54, 1.807) is 13.0 Å². The van der Waals surface area contributed by atoms with Crippen molar-refractivity contribution in [2.24, 2.45) is 5.41 Å². The van der Waals surface area contributed by atoms with E-state index >= 15 is 0 Å². The molecule has 3 atom stereocenters. The van der Waals surface area contributed by atoms with Gasteiger partial charge in [-0.05, 0) is 81.6 Å². The van der Waals surface area contributed by atoms with Crippen LogP contribution in [-0.4, -0.2) is 45.2 Å². The van der Waals surface area contributed by atoms with Crippen LogP contribution in [0.15, 0.2) is 96.6 Å². The number of nitrogens with one attached hydrogen (secondary N) is 1. The van der Waals surface area contributed by atoms with E-state index in [2.05, 4.69) is 94.5 Å². The number of amides is 1. The molecule has 2 aliphatic rings. The van der Waals surface area contributed by atoms with Gasteiger partial charge in [-0.15, -0.1) is 0 Å². The first kappa shape index (κ1) is 36.3. The molecule has 260 valence electrons. The van der Waals surface area contributed by atoms with E-state index in [1.165, 1.54) is 6.07 Å². The number of halogens is 1. The Hall–Kier alpha value is -4.01. The highest BCUT2D eigenvalue weighted by Gasteiger charge is 2.52. The molecule has 49 heavy (non-hydrogen) atoms. The Bertz CT molecular complexity index is 1660. The highest BCUT2D eigenvalue weighted by Crippen LogP contribution is 2.46. The Morgan fingerprint density at radius 3 is 2.20 bits per heavy atom. The quantitative estimate of drug-likeness (QED) is 0.183. The molecule has 6 nitrogen and oxygen atoms in total. The summed E-state index contributed by atoms with van der Waals surface area (Å²) >= 11 is 0. The summed E-state index contributed by atoms with van der Waals surface area (Å²) in [7, 11) is -2.89. The van der Waals surface area contributed by atoms with E-state index in [1.807, 2.05) is 31.2 Å². The van der Waals surface area contributed by atoms with Crippen LogP contribution in [0.1, 0.15) is 78.4 Å². The summed E-state index contributed by atoms with van der Waals surface area (Å²) < 4.78 is 33.4. The number of hydrogen-bond donors (Lipinski definition) is 1. The van der Waals surface area contributed by atoms with Gasteiger partial charge in [0.05, 0.1) is 12.5 Å². The molecule has 1 aliphatic heterocycles. The largest absolute Gasteiger partial charge is 0.458 e. The van der Waals surface area contributed by atoms with Gasteiger partial charge in [0.15, 0.2) is 0 Å². The van der Waals surface area contributed by atoms with Gasteiger partial charge in [0.2, 0.25) is 0 Å². The molecule has 1 amide bonds. The molecule has 0 spiro atoms. The van der Waals surface area contributed by atoms with E-state index in [0.717, 1.165) is 27.1 Å². The Morgan fingerprint density at radius 1 is 1.00 bits per heavy atom. The number of hydrogen-bond acceptors (Lipinski definition) is 5. The molecule has 8 heteroatoms. The van der Waals surface area contributed by atoms with Crippen LogP contribution in [0.4, 0.5) is 9.18 Å². The second-order valence-corrected chi connectivity index (χ2v) is 19.2. The van der Waals surface area contributed by atoms with Gasteiger partial charge in [0.25, 0.3) is 8.32 Å². The number of allylic oxidation sites excluding steroid dienone is 2. The fraction of sp³-hybridized carbons (Fsp3) is 0.415. The molecule has 1 fully saturated rings. The Balaban J connectivity index is 1.50. The molecule has 0 aromatic heterocycles. The molecule has 1 N–H and O–H groups in total. The highest BCUT2D eigenvalue weighted by atomic mass is 28.4. The first-order valence-corrected chi connectivity index (χ1v) is 19.3. The molecule has 3 aromatic carbocycles. The van der Waals surface area contributed by atoms with Gasteiger partial charge in [-0.3, -0.25) is 4.79 Å². The van der Waals surface area contributed by atoms with E-state index in [9.17, 15) is 14.0 Å². The van der Waals surface area contributed by atoms with Crippen molar-refractivity contribution in [2.75, 3.05) is 6.54 Å². The number of cyclic esters (lactones) is 1. The molecule has 5 rings (SSSR count). The number of ether oxygens (including phenoxy) is 2. The summed E-state index contributed by atoms with van der Waals surface area (Å²) in [5, 5.41) is 4.83. The van der Waals surface area contributed by atoms with Gasteiger partial charge >= 0.3 is 12.1 Å². The topological polar surface area (TPSA) is 73.9 Å². The zero-order valence-corrected chi connectivity index (χ0v) is 30.8. The fourth-order valence-electron chi connectivity index (χ4n) is 7.50. The third-order valence-electron chi connectivity index (χ3n) is 9.74. The van der Waals surface area contributed by atoms with Gasteiger partial charge in [-0.1, -0.05) is 107 Å². The van der Waals surface area contributed by atoms with Crippen molar-refractivity contribution < 1.29 is 27.9 Å². The summed E-state index contributed by atoms with van der Waals surface area (Å²) in [6, 6.07) is 26.0. The number of alkyl carbamates (subject to hydrolysis) is 1. The Labute approximate surface area is 291 Å². The predicted octanol–water partition coefficient (Wildman–Crippen LogP) is 8.03. The standard InChI is InChI=1S/C41H50FNO5Si/c1-8-43-39(45)47-32-25-35(29-19-22-37(42)28(2)23-29)36(41(6,7)27-32)21-20-30-24-31(26-38(44)46-30)48-49(40(3,4)5,33-15-11-9-12-16-33)34-17-13-10-14-18-34/h9-23,30-32H,8,24-27H2,1-7H3,(H,43,45)/b21-20+/t30-,31-,32-/m1/s1. The summed E-state index contributed by atoms with van der Waals surface area (Å²) in [4.78, 5) is 25.6. The molecule has 3 aromatic rings. The molecule has 1 aliphatic carbocycles. The third kappa shape index (κ3) is 8.08. The first-order valence-electron chi connectivity index (χ1n) is 17.3. The van der Waals surface area contributed by atoms with Crippen molar-refractivity contribution in [3.05, 3.63) is 114 Å². The SMILES string of the molecule is CCNC(=O)O[C@@H]1CC(c2ccc(F)c(C)c2)=C(/C=C/[C@@H]2C[C@@H](O[Si](c3ccccc3)(c3ccccc3)C(C)(C)C)CC(=O)O2)C(C)(C)C1. The lowest BCUT2D eigenvalue weighted by Gasteiger charge is -2.46. The van der Waals surface area contributed by atoms with Crippen LogP contribution in [0.25, 0.3) is 5.57 Å². The fourth-order valence-corrected chi connectivity index (χ4v) is 12.2. The van der Waals surface area contributed by atoms with Crippen LogP contribution >= 0.6 is 0 Å². The summed E-state index contributed by atoms with van der Waals surface area (Å²) in [5.41, 5.74) is 3.05. The van der Waals surface area contributed by atoms with Crippen LogP contribution in [0.2, 0.25) is 5.04 Å². The van der Waals surface area contributed by atoms with Crippen LogP contribution in [-0.2, 0) is 18.7 Å². The second-order valence-electron chi connectivity index (χ2n) is 14.9. The number of aryl methyl sites for hydroxylation is 1. The number of esters is 1. The average molecular weight is 684 g/mol. The van der Waals surface area contributed by atoms with Crippen molar-refractivity contribution in [3.63, 3.8) is 0 Å². The molecular formula is C41H50FNO5Si. The maximum atomic E-state index is 14.4. The van der Waals surface area contributed by atoms with Crippen LogP contribution in [0.5, 0.6) is 0 Å². The van der Waals surface area contributed by atoms with Gasteiger partial charge in [0, 0.05) is 19.4 Å². The number of benzene rings is 3. The highest BCUT2D eigenvalue weighted by molar-refractivity contribution is 6.99. The Morgan fingerprint density at radius 2 is 1.63 bits per heavy atom. The summed E-state index contributed by atoms with van der Waals surface area (Å²) in [6.45, 7) is 15.0. The molecule has 0 bridgehead atoms. The van der Waals surface area contributed by atoms with E-state index in [4.69, 9.17) is 13.9 Å². The lowest BCUT2D eigenvalue weighted by Crippen LogP contribution is -2.68. The minimum Gasteiger partial charge on any atom is -0.458 e. The van der Waals surface area contributed by atoms with E-state index in [-0.39, 0.29) is 35.5 Å². The summed E-state index contributed by atoms with van der Waals surface area (Å²) in [6.07, 6.45) is 4.19. The predicted molar refractivity (Wildman–Crippen MR) is 196 cm³/mol. The van der Waals surface area contributed by atoms with E-state index in [0.29, 0.717) is 31.4 Å². The van der Waals surface area contributed by atoms with Gasteiger partial charge in [-0.2, -0.15) is 0 Å². The molecule has 1 saturated heterocycles. The van der Waals surface area contributed by atoms with Gasteiger partial charge in [-0.25, -0.2) is 9.18 Å². The molecule has 1 heterocycles. The third-order valence-corrected chi connectivity index (χ3v) is 14.8. The van der Waals surface area contributed by atoms with Crippen molar-refractivity contribution >= 4 is 36.3 Å². The molecule has 0 unspecified atom stereocenters. The lowest BCUT2D eigenvalue weighted by atomic mass is 9.69. The zero-order chi connectivity index (χ0) is 35.4. The Kier molecular flexibility index (Phi) is 11.0. The lowest BCUT2D eigenvalue weighted by molar-refractivity contribution is -0.155. The number of rotatable bonds is 9. The summed E-state index contributed by atoms with van der Waals surface area (Å²) in [5.74, 6) is -0.557. The molecule has 0 radical (unpaired) electrons. The van der Waals surface area contributed by atoms with Crippen LogP contribution < -0.4 is 15.7 Å².